The largest absolute Gasteiger partial charge is 0.352 e. The average molecular weight is 422 g/mol. The average Bonchev–Trinajstić information content (AvgIpc) is 2.93. The molecule has 2 aromatic rings. The van der Waals surface area contributed by atoms with E-state index in [1.165, 1.54) is 0 Å². The summed E-state index contributed by atoms with van der Waals surface area (Å²) in [6.07, 6.45) is 3.77. The van der Waals surface area contributed by atoms with Gasteiger partial charge >= 0.3 is 0 Å². The van der Waals surface area contributed by atoms with Crippen molar-refractivity contribution in [3.05, 3.63) is 35.7 Å². The Hall–Kier alpha value is -2.01. The van der Waals surface area contributed by atoms with Gasteiger partial charge in [-0.25, -0.2) is 9.97 Å². The number of para-hydroxylation sites is 2. The minimum Gasteiger partial charge on any atom is -0.352 e. The zero-order chi connectivity index (χ0) is 22.4. The first kappa shape index (κ1) is 20.9. The molecule has 1 saturated carbocycles. The molecule has 2 bridgehead atoms. The van der Waals surface area contributed by atoms with Crippen LogP contribution in [0.4, 0.5) is 0 Å². The minimum absolute atomic E-state index is 0.112. The van der Waals surface area contributed by atoms with E-state index in [9.17, 15) is 4.79 Å². The van der Waals surface area contributed by atoms with Crippen molar-refractivity contribution in [2.45, 2.75) is 102 Å². The molecule has 0 radical (unpaired) electrons. The lowest BCUT2D eigenvalue weighted by Gasteiger charge is -2.45. The van der Waals surface area contributed by atoms with Crippen LogP contribution >= 0.6 is 0 Å². The molecule has 3 N–H and O–H groups in total. The SMILES string of the molecule is CC1(C)CC(NC(=O)[C@@]23CC[C@@](C)(c4nc5ccccc5nc42)C3(C)C)CC(C)(C)[NH2+]1. The summed E-state index contributed by atoms with van der Waals surface area (Å²) in [5.41, 5.74) is 2.98. The van der Waals surface area contributed by atoms with Gasteiger partial charge in [0.25, 0.3) is 0 Å². The van der Waals surface area contributed by atoms with E-state index >= 15 is 0 Å². The molecule has 5 rings (SSSR count). The maximum atomic E-state index is 14.2. The van der Waals surface area contributed by atoms with Gasteiger partial charge in [-0.05, 0) is 58.1 Å². The molecule has 2 atom stereocenters. The Labute approximate surface area is 185 Å². The quantitative estimate of drug-likeness (QED) is 0.781. The third kappa shape index (κ3) is 2.68. The van der Waals surface area contributed by atoms with Gasteiger partial charge in [-0.1, -0.05) is 32.9 Å². The Kier molecular flexibility index (Phi) is 4.08. The number of fused-ring (bicyclic) bond motifs is 6. The van der Waals surface area contributed by atoms with Gasteiger partial charge in [0.1, 0.15) is 0 Å². The summed E-state index contributed by atoms with van der Waals surface area (Å²) < 4.78 is 0. The first-order valence-corrected chi connectivity index (χ1v) is 11.8. The van der Waals surface area contributed by atoms with Crippen LogP contribution in [0, 0.1) is 5.41 Å². The lowest BCUT2D eigenvalue weighted by molar-refractivity contribution is -0.788. The standard InChI is InChI=1S/C26H36N4O/c1-22(2)14-16(15-23(3,4)30-22)27-21(31)26-13-12-25(7,24(26,5)6)19-20(26)29-18-11-9-8-10-17(18)28-19/h8-11,16,30H,12-15H2,1-7H3,(H,27,31)/p+1/t25-,26+/m0/s1. The Bertz CT molecular complexity index is 1070. The van der Waals surface area contributed by atoms with Gasteiger partial charge in [0.2, 0.25) is 5.91 Å². The summed E-state index contributed by atoms with van der Waals surface area (Å²) in [6.45, 7) is 15.9. The number of hydrogen-bond acceptors (Lipinski definition) is 3. The van der Waals surface area contributed by atoms with Crippen molar-refractivity contribution in [1.29, 1.82) is 0 Å². The second kappa shape index (κ2) is 6.06. The minimum atomic E-state index is -0.621. The number of nitrogens with two attached hydrogens (primary N) is 1. The van der Waals surface area contributed by atoms with Crippen molar-refractivity contribution in [3.8, 4) is 0 Å². The number of piperidine rings is 1. The molecule has 2 aliphatic carbocycles. The monoisotopic (exact) mass is 421 g/mol. The maximum absolute atomic E-state index is 14.2. The maximum Gasteiger partial charge on any atom is 0.233 e. The van der Waals surface area contributed by atoms with E-state index in [1.807, 2.05) is 24.3 Å². The lowest BCUT2D eigenvalue weighted by atomic mass is 9.63. The van der Waals surface area contributed by atoms with Crippen molar-refractivity contribution in [2.75, 3.05) is 0 Å². The lowest BCUT2D eigenvalue weighted by Crippen LogP contribution is -3.06. The molecule has 1 aliphatic heterocycles. The molecule has 3 aliphatic rings. The van der Waals surface area contributed by atoms with Crippen LogP contribution in [0.3, 0.4) is 0 Å². The zero-order valence-electron chi connectivity index (χ0n) is 20.1. The summed E-state index contributed by atoms with van der Waals surface area (Å²) in [4.78, 5) is 24.4. The molecule has 166 valence electrons. The third-order valence-electron chi connectivity index (χ3n) is 8.99. The molecular weight excluding hydrogens is 384 g/mol. The van der Waals surface area contributed by atoms with Crippen molar-refractivity contribution >= 4 is 16.9 Å². The van der Waals surface area contributed by atoms with Gasteiger partial charge in [-0.2, -0.15) is 0 Å². The highest BCUT2D eigenvalue weighted by molar-refractivity contribution is 5.93. The zero-order valence-corrected chi connectivity index (χ0v) is 20.1. The molecule has 2 heterocycles. The van der Waals surface area contributed by atoms with Crippen LogP contribution in [-0.2, 0) is 15.6 Å². The Balaban J connectivity index is 1.59. The second-order valence-electron chi connectivity index (χ2n) is 12.5. The van der Waals surface area contributed by atoms with Gasteiger partial charge < -0.3 is 10.6 Å². The summed E-state index contributed by atoms with van der Waals surface area (Å²) in [6, 6.07) is 8.23. The number of carbonyl (C=O) groups is 1. The van der Waals surface area contributed by atoms with Gasteiger partial charge in [0.15, 0.2) is 0 Å². The molecule has 1 saturated heterocycles. The van der Waals surface area contributed by atoms with E-state index in [1.54, 1.807) is 0 Å². The Morgan fingerprint density at radius 3 is 2.03 bits per heavy atom. The van der Waals surface area contributed by atoms with Gasteiger partial charge in [-0.3, -0.25) is 4.79 Å². The fraction of sp³-hybridized carbons (Fsp3) is 0.654. The summed E-state index contributed by atoms with van der Waals surface area (Å²) in [5, 5.41) is 5.98. The van der Waals surface area contributed by atoms with Crippen molar-refractivity contribution in [3.63, 3.8) is 0 Å². The molecule has 1 aromatic carbocycles. The number of benzene rings is 1. The molecule has 0 spiro atoms. The number of hydrogen-bond donors (Lipinski definition) is 2. The topological polar surface area (TPSA) is 71.5 Å². The number of amides is 1. The molecule has 5 heteroatoms. The highest BCUT2D eigenvalue weighted by Crippen LogP contribution is 2.70. The summed E-state index contributed by atoms with van der Waals surface area (Å²) in [5.74, 6) is 0.156. The van der Waals surface area contributed by atoms with Crippen LogP contribution in [0.25, 0.3) is 11.0 Å². The van der Waals surface area contributed by atoms with E-state index in [2.05, 4.69) is 59.1 Å². The predicted molar refractivity (Wildman–Crippen MR) is 123 cm³/mol. The molecule has 1 amide bonds. The van der Waals surface area contributed by atoms with E-state index in [0.717, 1.165) is 48.1 Å². The fourth-order valence-electron chi connectivity index (χ4n) is 7.48. The van der Waals surface area contributed by atoms with Crippen LogP contribution < -0.4 is 10.6 Å². The predicted octanol–water partition coefficient (Wildman–Crippen LogP) is 3.36. The highest BCUT2D eigenvalue weighted by Gasteiger charge is 2.73. The Morgan fingerprint density at radius 2 is 1.45 bits per heavy atom. The van der Waals surface area contributed by atoms with Crippen molar-refractivity contribution < 1.29 is 10.1 Å². The third-order valence-corrected chi connectivity index (χ3v) is 8.99. The summed E-state index contributed by atoms with van der Waals surface area (Å²) >= 11 is 0. The van der Waals surface area contributed by atoms with E-state index in [0.29, 0.717) is 0 Å². The first-order valence-electron chi connectivity index (χ1n) is 11.8. The smallest absolute Gasteiger partial charge is 0.233 e. The van der Waals surface area contributed by atoms with E-state index < -0.39 is 5.41 Å². The highest BCUT2D eigenvalue weighted by atomic mass is 16.2. The first-order chi connectivity index (χ1) is 14.3. The van der Waals surface area contributed by atoms with Crippen LogP contribution in [0.2, 0.25) is 0 Å². The molecule has 0 unspecified atom stereocenters. The molecule has 2 fully saturated rings. The van der Waals surface area contributed by atoms with Crippen molar-refractivity contribution in [2.24, 2.45) is 5.41 Å². The van der Waals surface area contributed by atoms with E-state index in [4.69, 9.17) is 9.97 Å². The molecule has 1 aromatic heterocycles. The van der Waals surface area contributed by atoms with Crippen LogP contribution in [-0.4, -0.2) is 33.0 Å². The van der Waals surface area contributed by atoms with Gasteiger partial charge in [0, 0.05) is 24.3 Å². The van der Waals surface area contributed by atoms with Crippen LogP contribution in [0.5, 0.6) is 0 Å². The molecule has 5 nitrogen and oxygen atoms in total. The molecule has 31 heavy (non-hydrogen) atoms. The normalized spacial score (nSPS) is 32.7. The Morgan fingerprint density at radius 1 is 0.903 bits per heavy atom. The number of nitrogens with one attached hydrogen (secondary N) is 1. The van der Waals surface area contributed by atoms with Crippen LogP contribution in [0.1, 0.15) is 85.5 Å². The van der Waals surface area contributed by atoms with E-state index in [-0.39, 0.29) is 33.9 Å². The van der Waals surface area contributed by atoms with Crippen molar-refractivity contribution in [1.82, 2.24) is 15.3 Å². The number of nitrogens with zero attached hydrogens (tertiary/aromatic N) is 2. The van der Waals surface area contributed by atoms with Gasteiger partial charge in [-0.15, -0.1) is 0 Å². The number of quaternary nitrogens is 1. The van der Waals surface area contributed by atoms with Crippen LogP contribution in [0.15, 0.2) is 24.3 Å². The van der Waals surface area contributed by atoms with Gasteiger partial charge in [0.05, 0.1) is 38.9 Å². The second-order valence-corrected chi connectivity index (χ2v) is 12.5. The number of carbonyl (C=O) groups excluding carboxylic acids is 1. The molecular formula is C26H37N4O+. The fourth-order valence-corrected chi connectivity index (χ4v) is 7.48. The number of aromatic nitrogens is 2. The summed E-state index contributed by atoms with van der Waals surface area (Å²) in [7, 11) is 0. The number of rotatable bonds is 2.